The Bertz CT molecular complexity index is 1370. The second kappa shape index (κ2) is 44.6. The second-order valence-electron chi connectivity index (χ2n) is 17.6. The number of hydrogen-bond acceptors (Lipinski definition) is 12. The Hall–Kier alpha value is -3.93. The minimum atomic E-state index is -1.45. The fourth-order valence-electron chi connectivity index (χ4n) is 7.15. The molecule has 4 amide bonds. The van der Waals surface area contributed by atoms with E-state index in [1.807, 2.05) is 0 Å². The maximum atomic E-state index is 12.8. The number of thioether (sulfide) groups is 1. The van der Waals surface area contributed by atoms with Crippen molar-refractivity contribution in [2.45, 2.75) is 225 Å². The van der Waals surface area contributed by atoms with Gasteiger partial charge in [0, 0.05) is 30.8 Å². The Morgan fingerprint density at radius 2 is 0.910 bits per heavy atom. The van der Waals surface area contributed by atoms with Gasteiger partial charge in [-0.15, -0.1) is 0 Å². The summed E-state index contributed by atoms with van der Waals surface area (Å²) in [5, 5.41) is 26.9. The SMILES string of the molecule is CCCCCCCCCCCCCCCC(=O)OC[C@H](CSC[C@H](N)C(=O)NCC(=O)NCC(=O)NCC(=O)N[C@@H](CCC(=O)O)C(=O)O)OC(=O)CCCCCCCCCCCCCCC. The minimum Gasteiger partial charge on any atom is -0.481 e. The Balaban J connectivity index is 4.70. The van der Waals surface area contributed by atoms with Crippen LogP contribution in [0.15, 0.2) is 0 Å². The highest BCUT2D eigenvalue weighted by Gasteiger charge is 2.22. The van der Waals surface area contributed by atoms with Crippen LogP contribution in [0.2, 0.25) is 0 Å². The van der Waals surface area contributed by atoms with Crippen molar-refractivity contribution in [3.63, 3.8) is 0 Å². The average molecular weight is 972 g/mol. The Morgan fingerprint density at radius 1 is 0.507 bits per heavy atom. The summed E-state index contributed by atoms with van der Waals surface area (Å²) >= 11 is 1.24. The molecule has 0 aliphatic heterocycles. The minimum absolute atomic E-state index is 0.107. The first-order valence-electron chi connectivity index (χ1n) is 25.5. The molecule has 0 aromatic heterocycles. The van der Waals surface area contributed by atoms with Crippen LogP contribution < -0.4 is 27.0 Å². The zero-order chi connectivity index (χ0) is 49.8. The summed E-state index contributed by atoms with van der Waals surface area (Å²) in [4.78, 5) is 96.4. The summed E-state index contributed by atoms with van der Waals surface area (Å²) in [6, 6.07) is -2.49. The molecule has 0 spiro atoms. The topological polar surface area (TPSA) is 270 Å². The van der Waals surface area contributed by atoms with Crippen molar-refractivity contribution in [2.75, 3.05) is 37.7 Å². The van der Waals surface area contributed by atoms with Gasteiger partial charge in [0.1, 0.15) is 18.8 Å². The van der Waals surface area contributed by atoms with Crippen LogP contribution in [0, 0.1) is 0 Å². The van der Waals surface area contributed by atoms with E-state index >= 15 is 0 Å². The van der Waals surface area contributed by atoms with E-state index < -0.39 is 79.8 Å². The second-order valence-corrected chi connectivity index (χ2v) is 18.7. The van der Waals surface area contributed by atoms with Crippen LogP contribution in [0.4, 0.5) is 0 Å². The predicted molar refractivity (Wildman–Crippen MR) is 262 cm³/mol. The van der Waals surface area contributed by atoms with Gasteiger partial charge in [0.25, 0.3) is 0 Å². The van der Waals surface area contributed by atoms with E-state index in [-0.39, 0.29) is 49.3 Å². The van der Waals surface area contributed by atoms with Crippen LogP contribution in [-0.4, -0.2) is 114 Å². The summed E-state index contributed by atoms with van der Waals surface area (Å²) in [5.74, 6) is -6.04. The van der Waals surface area contributed by atoms with Gasteiger partial charge in [0.05, 0.1) is 25.7 Å². The lowest BCUT2D eigenvalue weighted by atomic mass is 10.0. The third-order valence-electron chi connectivity index (χ3n) is 11.2. The number of aliphatic carboxylic acids is 2. The maximum absolute atomic E-state index is 12.8. The van der Waals surface area contributed by atoms with Crippen molar-refractivity contribution in [3.8, 4) is 0 Å². The third-order valence-corrected chi connectivity index (χ3v) is 12.4. The maximum Gasteiger partial charge on any atom is 0.326 e. The number of carbonyl (C=O) groups is 8. The van der Waals surface area contributed by atoms with E-state index in [1.54, 1.807) is 0 Å². The zero-order valence-electron chi connectivity index (χ0n) is 41.2. The molecule has 8 N–H and O–H groups in total. The summed E-state index contributed by atoms with van der Waals surface area (Å²) in [5.41, 5.74) is 6.07. The van der Waals surface area contributed by atoms with Crippen molar-refractivity contribution in [1.82, 2.24) is 21.3 Å². The van der Waals surface area contributed by atoms with E-state index in [9.17, 15) is 38.4 Å². The van der Waals surface area contributed by atoms with Crippen LogP contribution >= 0.6 is 11.8 Å². The third kappa shape index (κ3) is 41.9. The van der Waals surface area contributed by atoms with Gasteiger partial charge in [-0.05, 0) is 19.3 Å². The van der Waals surface area contributed by atoms with Crippen LogP contribution in [0.1, 0.15) is 206 Å². The number of nitrogens with two attached hydrogens (primary N) is 1. The molecule has 0 heterocycles. The van der Waals surface area contributed by atoms with Crippen molar-refractivity contribution < 1.29 is 58.0 Å². The van der Waals surface area contributed by atoms with Crippen LogP contribution in [-0.2, 0) is 47.8 Å². The number of unbranched alkanes of at least 4 members (excludes halogenated alkanes) is 24. The van der Waals surface area contributed by atoms with Crippen LogP contribution in [0.3, 0.4) is 0 Å². The Kier molecular flexibility index (Phi) is 42.0. The molecule has 388 valence electrons. The lowest BCUT2D eigenvalue weighted by molar-refractivity contribution is -0.157. The van der Waals surface area contributed by atoms with Crippen molar-refractivity contribution in [1.29, 1.82) is 0 Å². The van der Waals surface area contributed by atoms with E-state index in [1.165, 1.54) is 127 Å². The molecule has 0 fully saturated rings. The molecule has 0 saturated heterocycles. The fourth-order valence-corrected chi connectivity index (χ4v) is 8.12. The Morgan fingerprint density at radius 3 is 1.34 bits per heavy atom. The van der Waals surface area contributed by atoms with Crippen LogP contribution in [0.5, 0.6) is 0 Å². The summed E-state index contributed by atoms with van der Waals surface area (Å²) in [6.45, 7) is 2.70. The highest BCUT2D eigenvalue weighted by molar-refractivity contribution is 7.99. The van der Waals surface area contributed by atoms with Gasteiger partial charge in [-0.3, -0.25) is 33.6 Å². The monoisotopic (exact) mass is 972 g/mol. The number of nitrogens with one attached hydrogen (secondary N) is 4. The quantitative estimate of drug-likeness (QED) is 0.0234. The molecule has 0 radical (unpaired) electrons. The molecule has 0 bridgehead atoms. The molecule has 67 heavy (non-hydrogen) atoms. The van der Waals surface area contributed by atoms with Gasteiger partial charge < -0.3 is 46.7 Å². The van der Waals surface area contributed by atoms with E-state index in [0.717, 1.165) is 44.9 Å². The molecule has 0 aromatic rings. The van der Waals surface area contributed by atoms with Crippen molar-refractivity contribution in [2.24, 2.45) is 5.73 Å². The van der Waals surface area contributed by atoms with Gasteiger partial charge in [-0.25, -0.2) is 4.79 Å². The zero-order valence-corrected chi connectivity index (χ0v) is 42.0. The number of rotatable bonds is 47. The fraction of sp³-hybridized carbons (Fsp3) is 0.837. The molecular formula is C49H89N5O12S. The number of amides is 4. The summed E-state index contributed by atoms with van der Waals surface area (Å²) < 4.78 is 11.3. The number of ether oxygens (including phenoxy) is 2. The standard InChI is InChI=1S/C49H89N5O12S/c1-3-5-7-9-11-13-15-17-19-21-23-25-27-29-46(60)65-36-39(66-47(61)30-28-26-24-22-20-18-16-14-12-10-8-6-4-2)37-67-38-40(50)48(62)53-34-43(56)51-33-42(55)52-35-44(57)54-41(49(63)64)31-32-45(58)59/h39-41H,3-38,50H2,1-2H3,(H,51,56)(H,52,55)(H,53,62)(H,54,57)(H,58,59)(H,63,64)/t39-,40+,41+/m1/s1. The first kappa shape index (κ1) is 63.1. The first-order valence-corrected chi connectivity index (χ1v) is 26.7. The van der Waals surface area contributed by atoms with Gasteiger partial charge in [0.2, 0.25) is 23.6 Å². The smallest absolute Gasteiger partial charge is 0.326 e. The van der Waals surface area contributed by atoms with Gasteiger partial charge in [0.15, 0.2) is 0 Å². The number of carboxylic acid groups (broad SMARTS) is 2. The van der Waals surface area contributed by atoms with Gasteiger partial charge >= 0.3 is 23.9 Å². The van der Waals surface area contributed by atoms with E-state index in [4.69, 9.17) is 25.4 Å². The molecule has 0 aliphatic rings. The van der Waals surface area contributed by atoms with Gasteiger partial charge in [-0.2, -0.15) is 11.8 Å². The summed E-state index contributed by atoms with van der Waals surface area (Å²) in [7, 11) is 0. The molecule has 0 unspecified atom stereocenters. The molecule has 3 atom stereocenters. The lowest BCUT2D eigenvalue weighted by Crippen LogP contribution is -2.49. The number of hydrogen-bond donors (Lipinski definition) is 7. The highest BCUT2D eigenvalue weighted by Crippen LogP contribution is 2.16. The predicted octanol–water partition coefficient (Wildman–Crippen LogP) is 7.25. The molecular weight excluding hydrogens is 883 g/mol. The molecule has 17 nitrogen and oxygen atoms in total. The molecule has 0 aromatic carbocycles. The number of esters is 2. The summed E-state index contributed by atoms with van der Waals surface area (Å²) in [6.07, 6.45) is 30.1. The lowest BCUT2D eigenvalue weighted by Gasteiger charge is -2.19. The molecule has 18 heteroatoms. The molecule has 0 rings (SSSR count). The highest BCUT2D eigenvalue weighted by atomic mass is 32.2. The number of carbonyl (C=O) groups excluding carboxylic acids is 6. The largest absolute Gasteiger partial charge is 0.481 e. The average Bonchev–Trinajstić information content (AvgIpc) is 3.29. The van der Waals surface area contributed by atoms with Crippen molar-refractivity contribution >= 4 is 59.3 Å². The van der Waals surface area contributed by atoms with E-state index in [2.05, 4.69) is 35.1 Å². The normalized spacial score (nSPS) is 12.3. The number of carboxylic acids is 2. The first-order chi connectivity index (χ1) is 32.3. The van der Waals surface area contributed by atoms with Crippen LogP contribution in [0.25, 0.3) is 0 Å². The molecule has 0 saturated carbocycles. The Labute approximate surface area is 405 Å². The van der Waals surface area contributed by atoms with Gasteiger partial charge in [-0.1, -0.05) is 168 Å². The van der Waals surface area contributed by atoms with E-state index in [0.29, 0.717) is 6.42 Å². The molecule has 0 aliphatic carbocycles. The van der Waals surface area contributed by atoms with Crippen molar-refractivity contribution in [3.05, 3.63) is 0 Å².